The molecule has 0 N–H and O–H groups in total. The van der Waals surface area contributed by atoms with Crippen LogP contribution in [-0.2, 0) is 9.47 Å². The molecule has 1 aromatic heterocycles. The van der Waals surface area contributed by atoms with E-state index < -0.39 is 0 Å². The second-order valence-corrected chi connectivity index (χ2v) is 7.24. The first kappa shape index (κ1) is 16.7. The van der Waals surface area contributed by atoms with E-state index in [1.165, 1.54) is 16.9 Å². The highest BCUT2D eigenvalue weighted by molar-refractivity contribution is 5.93. The van der Waals surface area contributed by atoms with E-state index >= 15 is 0 Å². The molecule has 2 aliphatic rings. The topological polar surface area (TPSA) is 50.7 Å². The highest BCUT2D eigenvalue weighted by atomic mass is 16.5. The van der Waals surface area contributed by atoms with E-state index in [1.54, 1.807) is 0 Å². The van der Waals surface area contributed by atoms with E-state index in [0.717, 1.165) is 74.7 Å². The molecule has 0 aliphatic carbocycles. The minimum atomic E-state index is 0.767. The molecule has 0 atom stereocenters. The Balaban J connectivity index is 1.68. The van der Waals surface area contributed by atoms with Crippen LogP contribution >= 0.6 is 0 Å². The number of nitrogens with zero attached hydrogens (tertiary/aromatic N) is 4. The largest absolute Gasteiger partial charge is 0.378 e. The average molecular weight is 364 g/mol. The lowest BCUT2D eigenvalue weighted by Gasteiger charge is -2.36. The Kier molecular flexibility index (Phi) is 4.30. The van der Waals surface area contributed by atoms with Crippen molar-refractivity contribution in [3.05, 3.63) is 35.9 Å². The third-order valence-corrected chi connectivity index (χ3v) is 5.39. The van der Waals surface area contributed by atoms with Crippen LogP contribution in [0.4, 0.5) is 11.4 Å². The molecule has 6 nitrogen and oxygen atoms in total. The number of aromatic nitrogens is 2. The smallest absolute Gasteiger partial charge is 0.0916 e. The molecular formula is C21H24N4O2. The normalized spacial score (nSPS) is 18.4. The zero-order valence-electron chi connectivity index (χ0n) is 15.6. The van der Waals surface area contributed by atoms with Crippen LogP contribution < -0.4 is 9.80 Å². The van der Waals surface area contributed by atoms with Gasteiger partial charge in [0, 0.05) is 26.2 Å². The number of fused-ring (bicyclic) bond motifs is 2. The Bertz CT molecular complexity index is 979. The van der Waals surface area contributed by atoms with Crippen molar-refractivity contribution in [2.45, 2.75) is 6.92 Å². The van der Waals surface area contributed by atoms with E-state index in [4.69, 9.17) is 19.4 Å². The Labute approximate surface area is 158 Å². The second-order valence-electron chi connectivity index (χ2n) is 7.24. The summed E-state index contributed by atoms with van der Waals surface area (Å²) in [5.41, 5.74) is 7.46. The standard InChI is InChI=1S/C21H24N4O2/c1-15-2-3-16-17(12-15)23-19-14-21(25-6-10-27-11-7-25)20(13-18(19)22-16)24-4-8-26-9-5-24/h2-3,12-14H,4-11H2,1H3. The van der Waals surface area contributed by atoms with Crippen LogP contribution in [0.15, 0.2) is 30.3 Å². The summed E-state index contributed by atoms with van der Waals surface area (Å²) in [4.78, 5) is 14.6. The Morgan fingerprint density at radius 2 is 1.15 bits per heavy atom. The van der Waals surface area contributed by atoms with Gasteiger partial charge in [-0.25, -0.2) is 9.97 Å². The van der Waals surface area contributed by atoms with Gasteiger partial charge in [0.1, 0.15) is 0 Å². The van der Waals surface area contributed by atoms with Gasteiger partial charge >= 0.3 is 0 Å². The van der Waals surface area contributed by atoms with Gasteiger partial charge in [0.15, 0.2) is 0 Å². The highest BCUT2D eigenvalue weighted by Crippen LogP contribution is 2.34. The molecular weight excluding hydrogens is 340 g/mol. The lowest BCUT2D eigenvalue weighted by Crippen LogP contribution is -2.40. The Morgan fingerprint density at radius 1 is 0.667 bits per heavy atom. The van der Waals surface area contributed by atoms with Crippen molar-refractivity contribution in [3.8, 4) is 0 Å². The average Bonchev–Trinajstić information content (AvgIpc) is 2.72. The summed E-state index contributed by atoms with van der Waals surface area (Å²) in [5.74, 6) is 0. The summed E-state index contributed by atoms with van der Waals surface area (Å²) >= 11 is 0. The predicted molar refractivity (Wildman–Crippen MR) is 108 cm³/mol. The van der Waals surface area contributed by atoms with E-state index in [-0.39, 0.29) is 0 Å². The molecule has 2 aromatic carbocycles. The lowest BCUT2D eigenvalue weighted by atomic mass is 10.1. The minimum absolute atomic E-state index is 0.767. The summed E-state index contributed by atoms with van der Waals surface area (Å²) in [5, 5.41) is 0. The summed E-state index contributed by atoms with van der Waals surface area (Å²) < 4.78 is 11.1. The van der Waals surface area contributed by atoms with E-state index in [0.29, 0.717) is 0 Å². The van der Waals surface area contributed by atoms with Crippen molar-refractivity contribution in [2.75, 3.05) is 62.4 Å². The van der Waals surface area contributed by atoms with Crippen molar-refractivity contribution >= 4 is 33.4 Å². The van der Waals surface area contributed by atoms with Gasteiger partial charge in [-0.1, -0.05) is 6.07 Å². The molecule has 27 heavy (non-hydrogen) atoms. The number of anilines is 2. The van der Waals surface area contributed by atoms with Gasteiger partial charge in [0.05, 0.1) is 59.9 Å². The van der Waals surface area contributed by atoms with Gasteiger partial charge in [-0.3, -0.25) is 0 Å². The molecule has 6 heteroatoms. The van der Waals surface area contributed by atoms with Crippen molar-refractivity contribution in [1.82, 2.24) is 9.97 Å². The van der Waals surface area contributed by atoms with E-state index in [9.17, 15) is 0 Å². The fourth-order valence-corrected chi connectivity index (χ4v) is 3.93. The maximum atomic E-state index is 5.56. The van der Waals surface area contributed by atoms with Crippen LogP contribution in [0, 0.1) is 6.92 Å². The van der Waals surface area contributed by atoms with Gasteiger partial charge in [0.25, 0.3) is 0 Å². The molecule has 0 radical (unpaired) electrons. The van der Waals surface area contributed by atoms with Crippen molar-refractivity contribution < 1.29 is 9.47 Å². The van der Waals surface area contributed by atoms with Gasteiger partial charge in [-0.2, -0.15) is 0 Å². The van der Waals surface area contributed by atoms with Gasteiger partial charge < -0.3 is 19.3 Å². The first-order valence-corrected chi connectivity index (χ1v) is 9.65. The van der Waals surface area contributed by atoms with Gasteiger partial charge in [0.2, 0.25) is 0 Å². The van der Waals surface area contributed by atoms with Crippen LogP contribution in [-0.4, -0.2) is 62.6 Å². The van der Waals surface area contributed by atoms with Crippen LogP contribution in [0.5, 0.6) is 0 Å². The lowest BCUT2D eigenvalue weighted by molar-refractivity contribution is 0.121. The summed E-state index contributed by atoms with van der Waals surface area (Å²) in [6.07, 6.45) is 0. The Morgan fingerprint density at radius 3 is 1.70 bits per heavy atom. The van der Waals surface area contributed by atoms with Gasteiger partial charge in [-0.05, 0) is 36.8 Å². The highest BCUT2D eigenvalue weighted by Gasteiger charge is 2.22. The van der Waals surface area contributed by atoms with Crippen LogP contribution in [0.1, 0.15) is 5.56 Å². The quantitative estimate of drug-likeness (QED) is 0.652. The fraction of sp³-hybridized carbons (Fsp3) is 0.429. The number of benzene rings is 2. The molecule has 140 valence electrons. The number of rotatable bonds is 2. The van der Waals surface area contributed by atoms with E-state index in [1.807, 2.05) is 0 Å². The monoisotopic (exact) mass is 364 g/mol. The molecule has 0 bridgehead atoms. The van der Waals surface area contributed by atoms with Crippen molar-refractivity contribution in [3.63, 3.8) is 0 Å². The third-order valence-electron chi connectivity index (χ3n) is 5.39. The summed E-state index contributed by atoms with van der Waals surface area (Å²) in [7, 11) is 0. The molecule has 0 spiro atoms. The maximum Gasteiger partial charge on any atom is 0.0916 e. The van der Waals surface area contributed by atoms with E-state index in [2.05, 4.69) is 47.1 Å². The number of morpholine rings is 2. The molecule has 2 saturated heterocycles. The first-order valence-electron chi connectivity index (χ1n) is 9.65. The number of hydrogen-bond acceptors (Lipinski definition) is 6. The van der Waals surface area contributed by atoms with Gasteiger partial charge in [-0.15, -0.1) is 0 Å². The molecule has 3 heterocycles. The van der Waals surface area contributed by atoms with Crippen molar-refractivity contribution in [1.29, 1.82) is 0 Å². The molecule has 5 rings (SSSR count). The SMILES string of the molecule is Cc1ccc2nc3cc(N4CCOCC4)c(N4CCOCC4)cc3nc2c1. The summed E-state index contributed by atoms with van der Waals surface area (Å²) in [6, 6.07) is 10.7. The molecule has 2 fully saturated rings. The first-order chi connectivity index (χ1) is 13.3. The number of ether oxygens (including phenoxy) is 2. The number of hydrogen-bond donors (Lipinski definition) is 0. The second kappa shape index (κ2) is 6.94. The van der Waals surface area contributed by atoms with Crippen LogP contribution in [0.3, 0.4) is 0 Å². The molecule has 0 saturated carbocycles. The number of aryl methyl sites for hydroxylation is 1. The fourth-order valence-electron chi connectivity index (χ4n) is 3.93. The van der Waals surface area contributed by atoms with Crippen molar-refractivity contribution in [2.24, 2.45) is 0 Å². The van der Waals surface area contributed by atoms with Crippen LogP contribution in [0.25, 0.3) is 22.1 Å². The van der Waals surface area contributed by atoms with Crippen LogP contribution in [0.2, 0.25) is 0 Å². The molecule has 0 unspecified atom stereocenters. The minimum Gasteiger partial charge on any atom is -0.378 e. The Hall–Kier alpha value is -2.44. The third kappa shape index (κ3) is 3.19. The predicted octanol–water partition coefficient (Wildman–Crippen LogP) is 2.76. The molecule has 0 amide bonds. The zero-order chi connectivity index (χ0) is 18.2. The molecule has 3 aromatic rings. The zero-order valence-corrected chi connectivity index (χ0v) is 15.6. The maximum absolute atomic E-state index is 5.56. The summed E-state index contributed by atoms with van der Waals surface area (Å²) in [6.45, 7) is 8.78. The molecule has 2 aliphatic heterocycles.